The monoisotopic (exact) mass is 347 g/mol. The molecule has 0 aliphatic heterocycles. The van der Waals surface area contributed by atoms with Crippen LogP contribution in [0.4, 0.5) is 11.5 Å². The third-order valence-corrected chi connectivity index (χ3v) is 3.56. The quantitative estimate of drug-likeness (QED) is 0.760. The molecular formula is C15H11Cl2N5O. The number of nitrogens with two attached hydrogens (primary N) is 1. The number of rotatable bonds is 3. The van der Waals surface area contributed by atoms with Gasteiger partial charge in [0.1, 0.15) is 0 Å². The molecule has 2 aromatic carbocycles. The van der Waals surface area contributed by atoms with E-state index in [0.717, 1.165) is 0 Å². The largest absolute Gasteiger partial charge is 0.382 e. The van der Waals surface area contributed by atoms with Gasteiger partial charge in [-0.15, -0.1) is 5.10 Å². The Morgan fingerprint density at radius 3 is 2.52 bits per heavy atom. The van der Waals surface area contributed by atoms with E-state index in [4.69, 9.17) is 28.9 Å². The fourth-order valence-electron chi connectivity index (χ4n) is 1.98. The molecule has 0 saturated carbocycles. The minimum absolute atomic E-state index is 0.0277. The Morgan fingerprint density at radius 2 is 1.83 bits per heavy atom. The van der Waals surface area contributed by atoms with Crippen molar-refractivity contribution in [3.05, 3.63) is 64.3 Å². The minimum Gasteiger partial charge on any atom is -0.382 e. The van der Waals surface area contributed by atoms with Crippen molar-refractivity contribution in [2.45, 2.75) is 0 Å². The number of anilines is 2. The highest BCUT2D eigenvalue weighted by Crippen LogP contribution is 2.19. The molecule has 116 valence electrons. The number of carbonyl (C=O) groups is 1. The Hall–Kier alpha value is -2.57. The second-order valence-corrected chi connectivity index (χ2v) is 5.55. The van der Waals surface area contributed by atoms with Crippen molar-refractivity contribution in [2.75, 3.05) is 11.1 Å². The lowest BCUT2D eigenvalue weighted by Crippen LogP contribution is -2.15. The molecule has 23 heavy (non-hydrogen) atoms. The average Bonchev–Trinajstić information content (AvgIpc) is 2.90. The third-order valence-electron chi connectivity index (χ3n) is 3.07. The first-order valence-corrected chi connectivity index (χ1v) is 7.34. The van der Waals surface area contributed by atoms with Crippen LogP contribution in [-0.4, -0.2) is 20.9 Å². The molecule has 3 aromatic rings. The second kappa shape index (κ2) is 6.28. The topological polar surface area (TPSA) is 85.8 Å². The molecule has 1 amide bonds. The summed E-state index contributed by atoms with van der Waals surface area (Å²) in [6, 6.07) is 13.6. The number of hydrogen-bond acceptors (Lipinski definition) is 4. The van der Waals surface area contributed by atoms with Gasteiger partial charge in [0.2, 0.25) is 0 Å². The number of nitrogens with one attached hydrogen (secondary N) is 1. The maximum absolute atomic E-state index is 12.3. The van der Waals surface area contributed by atoms with Crippen LogP contribution in [0.2, 0.25) is 10.0 Å². The highest BCUT2D eigenvalue weighted by molar-refractivity contribution is 6.31. The zero-order valence-corrected chi connectivity index (χ0v) is 13.2. The van der Waals surface area contributed by atoms with E-state index in [9.17, 15) is 4.79 Å². The van der Waals surface area contributed by atoms with Crippen molar-refractivity contribution < 1.29 is 4.79 Å². The molecule has 0 fully saturated rings. The number of benzene rings is 2. The summed E-state index contributed by atoms with van der Waals surface area (Å²) in [7, 11) is 0. The van der Waals surface area contributed by atoms with Crippen LogP contribution in [0, 0.1) is 0 Å². The van der Waals surface area contributed by atoms with Gasteiger partial charge in [-0.25, -0.2) is 0 Å². The molecule has 1 heterocycles. The Balaban J connectivity index is 1.86. The van der Waals surface area contributed by atoms with Crippen molar-refractivity contribution in [2.24, 2.45) is 0 Å². The zero-order chi connectivity index (χ0) is 16.4. The molecular weight excluding hydrogens is 337 g/mol. The lowest BCUT2D eigenvalue weighted by molar-refractivity contribution is 0.102. The van der Waals surface area contributed by atoms with Gasteiger partial charge in [0.05, 0.1) is 5.69 Å². The molecule has 0 atom stereocenters. The van der Waals surface area contributed by atoms with E-state index < -0.39 is 5.91 Å². The highest BCUT2D eigenvalue weighted by Gasteiger charge is 2.18. The average molecular weight is 348 g/mol. The summed E-state index contributed by atoms with van der Waals surface area (Å²) in [6.07, 6.45) is 0. The van der Waals surface area contributed by atoms with Gasteiger partial charge in [-0.1, -0.05) is 34.5 Å². The summed E-state index contributed by atoms with van der Waals surface area (Å²) in [6.45, 7) is 0. The van der Waals surface area contributed by atoms with E-state index in [0.29, 0.717) is 21.4 Å². The van der Waals surface area contributed by atoms with Crippen LogP contribution in [0.15, 0.2) is 48.5 Å². The molecule has 0 saturated heterocycles. The molecule has 0 aliphatic rings. The Labute approximate surface area is 141 Å². The zero-order valence-electron chi connectivity index (χ0n) is 11.7. The summed E-state index contributed by atoms with van der Waals surface area (Å²) >= 11 is 11.7. The first-order valence-electron chi connectivity index (χ1n) is 6.58. The number of amides is 1. The molecule has 3 N–H and O–H groups in total. The van der Waals surface area contributed by atoms with Crippen LogP contribution in [-0.2, 0) is 0 Å². The van der Waals surface area contributed by atoms with Crippen LogP contribution in [0.3, 0.4) is 0 Å². The molecule has 0 unspecified atom stereocenters. The Morgan fingerprint density at radius 1 is 1.09 bits per heavy atom. The number of carbonyl (C=O) groups excluding carboxylic acids is 1. The van der Waals surface area contributed by atoms with Gasteiger partial charge in [0.15, 0.2) is 11.5 Å². The molecule has 8 heteroatoms. The lowest BCUT2D eigenvalue weighted by atomic mass is 10.3. The molecule has 1 aromatic heterocycles. The van der Waals surface area contributed by atoms with Crippen LogP contribution in [0.1, 0.15) is 10.5 Å². The highest BCUT2D eigenvalue weighted by atomic mass is 35.5. The number of aromatic nitrogens is 3. The summed E-state index contributed by atoms with van der Waals surface area (Å²) in [5.41, 5.74) is 7.20. The summed E-state index contributed by atoms with van der Waals surface area (Å²) < 4.78 is 1.36. The van der Waals surface area contributed by atoms with Crippen LogP contribution in [0.25, 0.3) is 5.69 Å². The van der Waals surface area contributed by atoms with Crippen LogP contribution in [0.5, 0.6) is 0 Å². The van der Waals surface area contributed by atoms with Gasteiger partial charge in [0, 0.05) is 15.7 Å². The summed E-state index contributed by atoms with van der Waals surface area (Å²) in [4.78, 5) is 12.3. The first-order chi connectivity index (χ1) is 11.0. The van der Waals surface area contributed by atoms with Crippen molar-refractivity contribution in [1.82, 2.24) is 15.0 Å². The van der Waals surface area contributed by atoms with Gasteiger partial charge >= 0.3 is 0 Å². The summed E-state index contributed by atoms with van der Waals surface area (Å²) in [5, 5.41) is 11.5. The van der Waals surface area contributed by atoms with E-state index in [2.05, 4.69) is 15.6 Å². The first kappa shape index (κ1) is 15.3. The molecule has 0 aliphatic carbocycles. The number of halogens is 2. The molecule has 0 radical (unpaired) electrons. The summed E-state index contributed by atoms with van der Waals surface area (Å²) in [5.74, 6) is -0.336. The number of nitrogen functional groups attached to an aromatic ring is 1. The third kappa shape index (κ3) is 3.28. The van der Waals surface area contributed by atoms with Gasteiger partial charge < -0.3 is 11.1 Å². The maximum Gasteiger partial charge on any atom is 0.280 e. The van der Waals surface area contributed by atoms with Crippen molar-refractivity contribution in [1.29, 1.82) is 0 Å². The van der Waals surface area contributed by atoms with Crippen LogP contribution >= 0.6 is 23.2 Å². The van der Waals surface area contributed by atoms with Crippen molar-refractivity contribution in [3.63, 3.8) is 0 Å². The van der Waals surface area contributed by atoms with Crippen molar-refractivity contribution in [3.8, 4) is 5.69 Å². The van der Waals surface area contributed by atoms with E-state index in [-0.39, 0.29) is 11.5 Å². The van der Waals surface area contributed by atoms with E-state index in [1.54, 1.807) is 48.5 Å². The van der Waals surface area contributed by atoms with Gasteiger partial charge in [0.25, 0.3) is 5.91 Å². The normalized spacial score (nSPS) is 10.5. The fraction of sp³-hybridized carbons (Fsp3) is 0. The molecule has 6 nitrogen and oxygen atoms in total. The predicted octanol–water partition coefficient (Wildman–Crippen LogP) is 3.41. The Kier molecular flexibility index (Phi) is 4.18. The second-order valence-electron chi connectivity index (χ2n) is 4.68. The molecule has 0 bridgehead atoms. The standard InChI is InChI=1S/C15H11Cl2N5O/c16-9-4-6-12(7-5-9)22-14(18)13(20-21-22)15(23)19-11-3-1-2-10(17)8-11/h1-8H,18H2,(H,19,23). The number of nitrogens with zero attached hydrogens (tertiary/aromatic N) is 3. The van der Waals surface area contributed by atoms with Gasteiger partial charge in [-0.05, 0) is 42.5 Å². The number of hydrogen-bond donors (Lipinski definition) is 2. The van der Waals surface area contributed by atoms with Gasteiger partial charge in [-0.2, -0.15) is 4.68 Å². The van der Waals surface area contributed by atoms with Crippen molar-refractivity contribution >= 4 is 40.6 Å². The van der Waals surface area contributed by atoms with Crippen LogP contribution < -0.4 is 11.1 Å². The van der Waals surface area contributed by atoms with Gasteiger partial charge in [-0.3, -0.25) is 4.79 Å². The maximum atomic E-state index is 12.3. The molecule has 0 spiro atoms. The fourth-order valence-corrected chi connectivity index (χ4v) is 2.30. The SMILES string of the molecule is Nc1c(C(=O)Nc2cccc(Cl)c2)nnn1-c1ccc(Cl)cc1. The molecule has 3 rings (SSSR count). The minimum atomic E-state index is -0.468. The smallest absolute Gasteiger partial charge is 0.280 e. The predicted molar refractivity (Wildman–Crippen MR) is 90.2 cm³/mol. The van der Waals surface area contributed by atoms with E-state index in [1.807, 2.05) is 0 Å². The van der Waals surface area contributed by atoms with E-state index in [1.165, 1.54) is 4.68 Å². The lowest BCUT2D eigenvalue weighted by Gasteiger charge is -2.05. The Bertz CT molecular complexity index is 861. The van der Waals surface area contributed by atoms with E-state index >= 15 is 0 Å².